The van der Waals surface area contributed by atoms with Gasteiger partial charge in [-0.25, -0.2) is 0 Å². The van der Waals surface area contributed by atoms with E-state index in [-0.39, 0.29) is 5.91 Å². The van der Waals surface area contributed by atoms with Crippen LogP contribution < -0.4 is 0 Å². The summed E-state index contributed by atoms with van der Waals surface area (Å²) in [5.74, 6) is 0.950. The minimum atomic E-state index is 0.0117. The fraction of sp³-hybridized carbons (Fsp3) is 0.364. The molecule has 0 atom stereocenters. The van der Waals surface area contributed by atoms with Crippen molar-refractivity contribution in [1.29, 1.82) is 0 Å². The normalized spacial score (nSPS) is 10.2. The molecule has 0 fully saturated rings. The van der Waals surface area contributed by atoms with Gasteiger partial charge in [-0.2, -0.15) is 11.8 Å². The van der Waals surface area contributed by atoms with Crippen LogP contribution in [0.15, 0.2) is 22.7 Å². The molecular formula is C11H13BrClNOS. The van der Waals surface area contributed by atoms with Gasteiger partial charge in [-0.3, -0.25) is 4.79 Å². The molecule has 1 aromatic carbocycles. The smallest absolute Gasteiger partial charge is 0.254 e. The van der Waals surface area contributed by atoms with Crippen LogP contribution in [-0.4, -0.2) is 36.4 Å². The zero-order valence-electron chi connectivity index (χ0n) is 9.17. The molecular weight excluding hydrogens is 310 g/mol. The molecule has 0 saturated heterocycles. The summed E-state index contributed by atoms with van der Waals surface area (Å²) in [7, 11) is 1.81. The monoisotopic (exact) mass is 321 g/mol. The predicted octanol–water partition coefficient (Wildman–Crippen LogP) is 3.54. The predicted molar refractivity (Wildman–Crippen MR) is 74.5 cm³/mol. The Kier molecular flexibility index (Phi) is 5.66. The molecule has 0 aliphatic heterocycles. The van der Waals surface area contributed by atoms with E-state index in [9.17, 15) is 4.79 Å². The number of thioether (sulfide) groups is 1. The first-order valence-electron chi connectivity index (χ1n) is 4.75. The molecule has 0 unspecified atom stereocenters. The summed E-state index contributed by atoms with van der Waals surface area (Å²) in [5, 5.41) is 0.621. The lowest BCUT2D eigenvalue weighted by atomic mass is 10.2. The largest absolute Gasteiger partial charge is 0.341 e. The van der Waals surface area contributed by atoms with Crippen molar-refractivity contribution in [2.75, 3.05) is 25.6 Å². The summed E-state index contributed by atoms with van der Waals surface area (Å²) in [4.78, 5) is 13.7. The Morgan fingerprint density at radius 1 is 1.56 bits per heavy atom. The first kappa shape index (κ1) is 13.9. The van der Waals surface area contributed by atoms with Crippen molar-refractivity contribution in [3.63, 3.8) is 0 Å². The van der Waals surface area contributed by atoms with E-state index in [0.717, 1.165) is 16.8 Å². The molecule has 0 heterocycles. The lowest BCUT2D eigenvalue weighted by molar-refractivity contribution is 0.0803. The summed E-state index contributed by atoms with van der Waals surface area (Å²) in [6.45, 7) is 0.745. The summed E-state index contributed by atoms with van der Waals surface area (Å²) in [6.07, 6.45) is 2.02. The average molecular weight is 323 g/mol. The Bertz CT molecular complexity index is 386. The molecule has 88 valence electrons. The summed E-state index contributed by atoms with van der Waals surface area (Å²) < 4.78 is 0.737. The van der Waals surface area contributed by atoms with Crippen molar-refractivity contribution in [2.24, 2.45) is 0 Å². The maximum atomic E-state index is 12.0. The van der Waals surface area contributed by atoms with E-state index in [1.54, 1.807) is 41.9 Å². The highest BCUT2D eigenvalue weighted by atomic mass is 79.9. The molecule has 0 radical (unpaired) electrons. The highest BCUT2D eigenvalue weighted by Gasteiger charge is 2.14. The summed E-state index contributed by atoms with van der Waals surface area (Å²) in [5.41, 5.74) is 0.646. The van der Waals surface area contributed by atoms with Gasteiger partial charge in [-0.15, -0.1) is 0 Å². The average Bonchev–Trinajstić information content (AvgIpc) is 2.25. The number of nitrogens with zero attached hydrogens (tertiary/aromatic N) is 1. The van der Waals surface area contributed by atoms with E-state index < -0.39 is 0 Å². The van der Waals surface area contributed by atoms with E-state index >= 15 is 0 Å². The van der Waals surface area contributed by atoms with Gasteiger partial charge in [0.1, 0.15) is 0 Å². The third-order valence-corrected chi connectivity index (χ3v) is 3.62. The Morgan fingerprint density at radius 2 is 2.25 bits per heavy atom. The first-order chi connectivity index (χ1) is 7.56. The number of amides is 1. The maximum Gasteiger partial charge on any atom is 0.254 e. The van der Waals surface area contributed by atoms with Crippen LogP contribution >= 0.6 is 39.3 Å². The van der Waals surface area contributed by atoms with Crippen molar-refractivity contribution >= 4 is 45.2 Å². The standard InChI is InChI=1S/C11H13BrClNOS/c1-14(5-6-16-2)11(15)9-4-3-8(13)7-10(9)12/h3-4,7H,5-6H2,1-2H3. The molecule has 1 amide bonds. The van der Waals surface area contributed by atoms with Crippen molar-refractivity contribution in [2.45, 2.75) is 0 Å². The highest BCUT2D eigenvalue weighted by Crippen LogP contribution is 2.22. The molecule has 0 spiro atoms. The van der Waals surface area contributed by atoms with E-state index in [0.29, 0.717) is 10.6 Å². The van der Waals surface area contributed by atoms with E-state index in [1.165, 1.54) is 0 Å². The third-order valence-electron chi connectivity index (χ3n) is 2.14. The molecule has 2 nitrogen and oxygen atoms in total. The molecule has 0 saturated carbocycles. The number of rotatable bonds is 4. The minimum absolute atomic E-state index is 0.0117. The van der Waals surface area contributed by atoms with Crippen LogP contribution in [0.3, 0.4) is 0 Å². The van der Waals surface area contributed by atoms with Gasteiger partial charge in [0, 0.05) is 28.8 Å². The van der Waals surface area contributed by atoms with Crippen LogP contribution in [0.5, 0.6) is 0 Å². The quantitative estimate of drug-likeness (QED) is 0.845. The molecule has 0 aromatic heterocycles. The van der Waals surface area contributed by atoms with Crippen molar-refractivity contribution < 1.29 is 4.79 Å². The van der Waals surface area contributed by atoms with Crippen LogP contribution in [0.25, 0.3) is 0 Å². The SMILES string of the molecule is CSCCN(C)C(=O)c1ccc(Cl)cc1Br. The number of benzene rings is 1. The van der Waals surface area contributed by atoms with Gasteiger partial charge in [-0.1, -0.05) is 11.6 Å². The Labute approximate surface area is 113 Å². The molecule has 0 bridgehead atoms. The Hall–Kier alpha value is -0.190. The first-order valence-corrected chi connectivity index (χ1v) is 7.32. The lowest BCUT2D eigenvalue weighted by Gasteiger charge is -2.17. The maximum absolute atomic E-state index is 12.0. The number of hydrogen-bond acceptors (Lipinski definition) is 2. The fourth-order valence-electron chi connectivity index (χ4n) is 1.20. The zero-order valence-corrected chi connectivity index (χ0v) is 12.3. The van der Waals surface area contributed by atoms with Gasteiger partial charge >= 0.3 is 0 Å². The van der Waals surface area contributed by atoms with Crippen LogP contribution in [-0.2, 0) is 0 Å². The van der Waals surface area contributed by atoms with E-state index in [2.05, 4.69) is 15.9 Å². The molecule has 16 heavy (non-hydrogen) atoms. The van der Waals surface area contributed by atoms with Crippen LogP contribution in [0.4, 0.5) is 0 Å². The number of halogens is 2. The third kappa shape index (κ3) is 3.68. The van der Waals surface area contributed by atoms with Crippen molar-refractivity contribution in [3.05, 3.63) is 33.3 Å². The molecule has 0 N–H and O–H groups in total. The van der Waals surface area contributed by atoms with E-state index in [4.69, 9.17) is 11.6 Å². The minimum Gasteiger partial charge on any atom is -0.341 e. The number of carbonyl (C=O) groups excluding carboxylic acids is 1. The summed E-state index contributed by atoms with van der Waals surface area (Å²) in [6, 6.07) is 5.20. The lowest BCUT2D eigenvalue weighted by Crippen LogP contribution is -2.29. The summed E-state index contributed by atoms with van der Waals surface area (Å²) >= 11 is 10.9. The molecule has 1 aromatic rings. The van der Waals surface area contributed by atoms with Crippen molar-refractivity contribution in [3.8, 4) is 0 Å². The van der Waals surface area contributed by atoms with Gasteiger partial charge in [-0.05, 0) is 40.4 Å². The van der Waals surface area contributed by atoms with Gasteiger partial charge in [0.25, 0.3) is 5.91 Å². The van der Waals surface area contributed by atoms with Crippen LogP contribution in [0, 0.1) is 0 Å². The zero-order chi connectivity index (χ0) is 12.1. The van der Waals surface area contributed by atoms with Crippen molar-refractivity contribution in [1.82, 2.24) is 4.90 Å². The van der Waals surface area contributed by atoms with Gasteiger partial charge in [0.05, 0.1) is 5.56 Å². The molecule has 5 heteroatoms. The van der Waals surface area contributed by atoms with Crippen LogP contribution in [0.2, 0.25) is 5.02 Å². The van der Waals surface area contributed by atoms with Crippen LogP contribution in [0.1, 0.15) is 10.4 Å². The second kappa shape index (κ2) is 6.52. The molecule has 1 rings (SSSR count). The fourth-order valence-corrected chi connectivity index (χ4v) is 2.51. The highest BCUT2D eigenvalue weighted by molar-refractivity contribution is 9.10. The second-order valence-electron chi connectivity index (χ2n) is 3.34. The van der Waals surface area contributed by atoms with E-state index in [1.807, 2.05) is 6.26 Å². The molecule has 0 aliphatic rings. The topological polar surface area (TPSA) is 20.3 Å². The van der Waals surface area contributed by atoms with Gasteiger partial charge < -0.3 is 4.90 Å². The Morgan fingerprint density at radius 3 is 2.81 bits per heavy atom. The number of hydrogen-bond donors (Lipinski definition) is 0. The second-order valence-corrected chi connectivity index (χ2v) is 5.62. The number of carbonyl (C=O) groups is 1. The molecule has 0 aliphatic carbocycles. The Balaban J connectivity index is 2.79. The van der Waals surface area contributed by atoms with Gasteiger partial charge in [0.2, 0.25) is 0 Å². The van der Waals surface area contributed by atoms with Gasteiger partial charge in [0.15, 0.2) is 0 Å².